The second-order valence-corrected chi connectivity index (χ2v) is 5.94. The summed E-state index contributed by atoms with van der Waals surface area (Å²) in [6.45, 7) is 6.32. The average Bonchev–Trinajstić information content (AvgIpc) is 2.27. The van der Waals surface area contributed by atoms with Crippen molar-refractivity contribution in [3.05, 3.63) is 0 Å². The molecule has 2 atom stereocenters. The third-order valence-electron chi connectivity index (χ3n) is 3.80. The van der Waals surface area contributed by atoms with Crippen molar-refractivity contribution in [2.75, 3.05) is 13.2 Å². The van der Waals surface area contributed by atoms with E-state index in [1.54, 1.807) is 0 Å². The highest BCUT2D eigenvalue weighted by Crippen LogP contribution is 2.42. The fraction of sp³-hybridized carbons (Fsp3) is 0.923. The van der Waals surface area contributed by atoms with Crippen molar-refractivity contribution < 1.29 is 24.1 Å². The van der Waals surface area contributed by atoms with Crippen LogP contribution < -0.4 is 0 Å². The maximum Gasteiger partial charge on any atom is 0.302 e. The van der Waals surface area contributed by atoms with E-state index in [-0.39, 0.29) is 17.5 Å². The van der Waals surface area contributed by atoms with Crippen LogP contribution in [0.5, 0.6) is 0 Å². The molecule has 0 amide bonds. The quantitative estimate of drug-likeness (QED) is 0.717. The summed E-state index contributed by atoms with van der Waals surface area (Å²) >= 11 is 0. The Hall–Kier alpha value is -0.650. The standard InChI is InChI=1S/C13H22O5/c1-9(14)18-11-4-5-13(6-10(11)15)7-16-12(2,3)17-8-13/h10-11,15H,4-8H2,1-3H3. The van der Waals surface area contributed by atoms with E-state index >= 15 is 0 Å². The zero-order valence-corrected chi connectivity index (χ0v) is 11.3. The normalized spacial score (nSPS) is 34.2. The number of esters is 1. The molecule has 2 fully saturated rings. The van der Waals surface area contributed by atoms with Crippen molar-refractivity contribution in [2.45, 2.75) is 58.0 Å². The van der Waals surface area contributed by atoms with Crippen LogP contribution in [-0.2, 0) is 19.0 Å². The van der Waals surface area contributed by atoms with Crippen molar-refractivity contribution in [3.63, 3.8) is 0 Å². The molecular weight excluding hydrogens is 236 g/mol. The molecule has 0 aromatic heterocycles. The number of ether oxygens (including phenoxy) is 3. The van der Waals surface area contributed by atoms with Crippen LogP contribution in [0.25, 0.3) is 0 Å². The Labute approximate surface area is 107 Å². The third-order valence-corrected chi connectivity index (χ3v) is 3.80. The number of carbonyl (C=O) groups excluding carboxylic acids is 1. The van der Waals surface area contributed by atoms with Gasteiger partial charge in [-0.05, 0) is 33.1 Å². The van der Waals surface area contributed by atoms with Crippen molar-refractivity contribution >= 4 is 5.97 Å². The lowest BCUT2D eigenvalue weighted by molar-refractivity contribution is -0.296. The Morgan fingerprint density at radius 3 is 2.44 bits per heavy atom. The Balaban J connectivity index is 1.93. The molecule has 1 heterocycles. The fourth-order valence-electron chi connectivity index (χ4n) is 2.67. The lowest BCUT2D eigenvalue weighted by Gasteiger charge is -2.47. The first-order chi connectivity index (χ1) is 8.32. The summed E-state index contributed by atoms with van der Waals surface area (Å²) in [7, 11) is 0. The minimum absolute atomic E-state index is 0.133. The van der Waals surface area contributed by atoms with Gasteiger partial charge < -0.3 is 19.3 Å². The van der Waals surface area contributed by atoms with Crippen LogP contribution in [0.1, 0.15) is 40.0 Å². The van der Waals surface area contributed by atoms with Crippen molar-refractivity contribution in [3.8, 4) is 0 Å². The second kappa shape index (κ2) is 4.79. The topological polar surface area (TPSA) is 65.0 Å². The van der Waals surface area contributed by atoms with E-state index in [2.05, 4.69) is 0 Å². The Bertz CT molecular complexity index is 315. The smallest absolute Gasteiger partial charge is 0.302 e. The SMILES string of the molecule is CC(=O)OC1CCC2(COC(C)(C)OC2)CC1O. The van der Waals surface area contributed by atoms with E-state index in [4.69, 9.17) is 14.2 Å². The highest BCUT2D eigenvalue weighted by atomic mass is 16.7. The van der Waals surface area contributed by atoms with Crippen molar-refractivity contribution in [1.29, 1.82) is 0 Å². The van der Waals surface area contributed by atoms with Gasteiger partial charge in [-0.1, -0.05) is 0 Å². The largest absolute Gasteiger partial charge is 0.460 e. The van der Waals surface area contributed by atoms with Crippen LogP contribution in [-0.4, -0.2) is 42.3 Å². The zero-order valence-electron chi connectivity index (χ0n) is 11.3. The molecule has 1 aliphatic heterocycles. The summed E-state index contributed by atoms with van der Waals surface area (Å²) in [5.41, 5.74) is -0.133. The number of carbonyl (C=O) groups is 1. The Morgan fingerprint density at radius 2 is 1.94 bits per heavy atom. The first-order valence-electron chi connectivity index (χ1n) is 6.45. The van der Waals surface area contributed by atoms with Gasteiger partial charge in [-0.25, -0.2) is 0 Å². The van der Waals surface area contributed by atoms with Gasteiger partial charge in [-0.15, -0.1) is 0 Å². The summed E-state index contributed by atoms with van der Waals surface area (Å²) in [5.74, 6) is -0.879. The molecular formula is C13H22O5. The zero-order chi connectivity index (χ0) is 13.4. The number of aliphatic hydroxyl groups excluding tert-OH is 1. The predicted molar refractivity (Wildman–Crippen MR) is 63.8 cm³/mol. The summed E-state index contributed by atoms with van der Waals surface area (Å²) in [6, 6.07) is 0. The average molecular weight is 258 g/mol. The van der Waals surface area contributed by atoms with Gasteiger partial charge in [-0.3, -0.25) is 4.79 Å². The molecule has 1 saturated heterocycles. The molecule has 0 aromatic rings. The van der Waals surface area contributed by atoms with Crippen molar-refractivity contribution in [1.82, 2.24) is 0 Å². The lowest BCUT2D eigenvalue weighted by atomic mass is 9.72. The first kappa shape index (κ1) is 13.8. The molecule has 1 N–H and O–H groups in total. The molecule has 0 aromatic carbocycles. The van der Waals surface area contributed by atoms with Crippen LogP contribution in [0.4, 0.5) is 0 Å². The number of aliphatic hydroxyl groups is 1. The van der Waals surface area contributed by atoms with Crippen LogP contribution in [0, 0.1) is 5.41 Å². The molecule has 0 bridgehead atoms. The molecule has 2 unspecified atom stereocenters. The van der Waals surface area contributed by atoms with Crippen LogP contribution >= 0.6 is 0 Å². The highest BCUT2D eigenvalue weighted by Gasteiger charge is 2.46. The molecule has 1 saturated carbocycles. The van der Waals surface area contributed by atoms with E-state index < -0.39 is 11.9 Å². The van der Waals surface area contributed by atoms with Gasteiger partial charge in [0.2, 0.25) is 0 Å². The Morgan fingerprint density at radius 1 is 1.33 bits per heavy atom. The molecule has 104 valence electrons. The maximum atomic E-state index is 10.9. The van der Waals surface area contributed by atoms with Crippen molar-refractivity contribution in [2.24, 2.45) is 5.41 Å². The maximum absolute atomic E-state index is 10.9. The van der Waals surface area contributed by atoms with Gasteiger partial charge in [0.1, 0.15) is 6.10 Å². The summed E-state index contributed by atoms with van der Waals surface area (Å²) < 4.78 is 16.5. The van der Waals surface area contributed by atoms with Crippen LogP contribution in [0.15, 0.2) is 0 Å². The highest BCUT2D eigenvalue weighted by molar-refractivity contribution is 5.66. The predicted octanol–water partition coefficient (Wildman–Crippen LogP) is 1.23. The number of hydrogen-bond donors (Lipinski definition) is 1. The number of hydrogen-bond acceptors (Lipinski definition) is 5. The minimum atomic E-state index is -0.629. The fourth-order valence-corrected chi connectivity index (χ4v) is 2.67. The van der Waals surface area contributed by atoms with Gasteiger partial charge >= 0.3 is 5.97 Å². The van der Waals surface area contributed by atoms with Crippen LogP contribution in [0.3, 0.4) is 0 Å². The monoisotopic (exact) mass is 258 g/mol. The molecule has 2 aliphatic rings. The van der Waals surface area contributed by atoms with E-state index in [0.717, 1.165) is 6.42 Å². The van der Waals surface area contributed by atoms with Gasteiger partial charge in [0.25, 0.3) is 0 Å². The summed E-state index contributed by atoms with van der Waals surface area (Å²) in [5, 5.41) is 10.1. The molecule has 0 radical (unpaired) electrons. The van der Waals surface area contributed by atoms with E-state index in [9.17, 15) is 9.90 Å². The summed E-state index contributed by atoms with van der Waals surface area (Å²) in [4.78, 5) is 10.9. The van der Waals surface area contributed by atoms with Gasteiger partial charge in [0.15, 0.2) is 5.79 Å². The van der Waals surface area contributed by atoms with Gasteiger partial charge in [0, 0.05) is 12.3 Å². The third kappa shape index (κ3) is 3.02. The van der Waals surface area contributed by atoms with E-state index in [0.29, 0.717) is 26.1 Å². The molecule has 1 spiro atoms. The molecule has 1 aliphatic carbocycles. The molecule has 18 heavy (non-hydrogen) atoms. The molecule has 5 heteroatoms. The minimum Gasteiger partial charge on any atom is -0.460 e. The molecule has 2 rings (SSSR count). The second-order valence-electron chi connectivity index (χ2n) is 5.94. The van der Waals surface area contributed by atoms with E-state index in [1.807, 2.05) is 13.8 Å². The summed E-state index contributed by atoms with van der Waals surface area (Å²) in [6.07, 6.45) is 1.05. The van der Waals surface area contributed by atoms with Gasteiger partial charge in [-0.2, -0.15) is 0 Å². The van der Waals surface area contributed by atoms with E-state index in [1.165, 1.54) is 6.92 Å². The Kier molecular flexibility index (Phi) is 3.67. The number of rotatable bonds is 1. The van der Waals surface area contributed by atoms with Crippen LogP contribution in [0.2, 0.25) is 0 Å². The first-order valence-corrected chi connectivity index (χ1v) is 6.45. The molecule has 5 nitrogen and oxygen atoms in total. The van der Waals surface area contributed by atoms with Gasteiger partial charge in [0.05, 0.1) is 19.3 Å². The lowest BCUT2D eigenvalue weighted by Crippen LogP contribution is -2.52.